The minimum Gasteiger partial charge on any atom is -0.304 e. The van der Waals surface area contributed by atoms with Crippen LogP contribution in [-0.4, -0.2) is 5.91 Å². The van der Waals surface area contributed by atoms with Crippen LogP contribution in [0.15, 0.2) is 72.3 Å². The topological polar surface area (TPSA) is 20.3 Å². The molecule has 0 aromatic heterocycles. The summed E-state index contributed by atoms with van der Waals surface area (Å²) in [4.78, 5) is 14.1. The molecule has 0 fully saturated rings. The van der Waals surface area contributed by atoms with Crippen LogP contribution in [0.4, 0.5) is 18.9 Å². The van der Waals surface area contributed by atoms with E-state index in [-0.39, 0.29) is 17.7 Å². The second-order valence-electron chi connectivity index (χ2n) is 5.94. The maximum Gasteiger partial charge on any atom is 0.416 e. The summed E-state index contributed by atoms with van der Waals surface area (Å²) in [5.41, 5.74) is 1.38. The summed E-state index contributed by atoms with van der Waals surface area (Å²) in [6.07, 6.45) is -1.24. The Kier molecular flexibility index (Phi) is 5.11. The van der Waals surface area contributed by atoms with Crippen molar-refractivity contribution in [2.45, 2.75) is 12.7 Å². The fourth-order valence-electron chi connectivity index (χ4n) is 3.11. The largest absolute Gasteiger partial charge is 0.416 e. The van der Waals surface area contributed by atoms with E-state index in [4.69, 9.17) is 0 Å². The van der Waals surface area contributed by atoms with Gasteiger partial charge < -0.3 is 4.90 Å². The Balaban J connectivity index is 2.05. The number of alkyl halides is 3. The van der Waals surface area contributed by atoms with Gasteiger partial charge in [-0.05, 0) is 41.0 Å². The standard InChI is InChI=1S/C21H15BrF3NO/c1-3-15(19(22)4-2)13-7-5-8-14(11-13)26-12-17-16(20(26)27)9-6-10-18(17)21(23,24)25/h3-11H,1-2,12H2/b19-15-. The molecule has 0 saturated carbocycles. The highest BCUT2D eigenvalue weighted by Gasteiger charge is 2.39. The molecule has 27 heavy (non-hydrogen) atoms. The fraction of sp³-hybridized carbons (Fsp3) is 0.0952. The molecule has 3 rings (SSSR count). The van der Waals surface area contributed by atoms with Crippen molar-refractivity contribution >= 4 is 33.1 Å². The molecule has 1 amide bonds. The number of fused-ring (bicyclic) bond motifs is 1. The van der Waals surface area contributed by atoms with Crippen LogP contribution in [0, 0.1) is 0 Å². The Morgan fingerprint density at radius 1 is 1.11 bits per heavy atom. The highest BCUT2D eigenvalue weighted by atomic mass is 79.9. The smallest absolute Gasteiger partial charge is 0.304 e. The number of allylic oxidation sites excluding steroid dienone is 4. The number of hydrogen-bond acceptors (Lipinski definition) is 1. The number of hydrogen-bond donors (Lipinski definition) is 0. The summed E-state index contributed by atoms with van der Waals surface area (Å²) in [6.45, 7) is 7.36. The quantitative estimate of drug-likeness (QED) is 0.514. The molecule has 0 N–H and O–H groups in total. The van der Waals surface area contributed by atoms with Gasteiger partial charge in [0.1, 0.15) is 0 Å². The third-order valence-electron chi connectivity index (χ3n) is 4.38. The second kappa shape index (κ2) is 7.19. The predicted molar refractivity (Wildman–Crippen MR) is 105 cm³/mol. The number of carbonyl (C=O) groups excluding carboxylic acids is 1. The molecule has 6 heteroatoms. The van der Waals surface area contributed by atoms with Gasteiger partial charge in [0.25, 0.3) is 5.91 Å². The monoisotopic (exact) mass is 433 g/mol. The molecule has 0 spiro atoms. The summed E-state index contributed by atoms with van der Waals surface area (Å²) in [5, 5.41) is 0. The summed E-state index contributed by atoms with van der Waals surface area (Å²) in [7, 11) is 0. The van der Waals surface area contributed by atoms with E-state index < -0.39 is 17.6 Å². The molecular formula is C21H15BrF3NO. The summed E-state index contributed by atoms with van der Waals surface area (Å²) in [5.74, 6) is -0.444. The van der Waals surface area contributed by atoms with Gasteiger partial charge in [-0.3, -0.25) is 4.79 Å². The molecule has 1 aliphatic rings. The Morgan fingerprint density at radius 3 is 2.44 bits per heavy atom. The van der Waals surface area contributed by atoms with Crippen molar-refractivity contribution in [1.82, 2.24) is 0 Å². The first-order valence-electron chi connectivity index (χ1n) is 8.04. The van der Waals surface area contributed by atoms with E-state index in [0.717, 1.165) is 21.7 Å². The average molecular weight is 434 g/mol. The van der Waals surface area contributed by atoms with Gasteiger partial charge in [-0.1, -0.05) is 59.4 Å². The van der Waals surface area contributed by atoms with E-state index in [1.54, 1.807) is 30.4 Å². The van der Waals surface area contributed by atoms with E-state index in [0.29, 0.717) is 5.69 Å². The fourth-order valence-corrected chi connectivity index (χ4v) is 3.50. The lowest BCUT2D eigenvalue weighted by Crippen LogP contribution is -2.23. The number of halogens is 4. The van der Waals surface area contributed by atoms with Gasteiger partial charge in [-0.2, -0.15) is 13.2 Å². The third-order valence-corrected chi connectivity index (χ3v) is 5.13. The van der Waals surface area contributed by atoms with E-state index >= 15 is 0 Å². The maximum atomic E-state index is 13.3. The van der Waals surface area contributed by atoms with E-state index in [1.807, 2.05) is 6.07 Å². The molecule has 2 nitrogen and oxygen atoms in total. The van der Waals surface area contributed by atoms with Crippen molar-refractivity contribution in [2.75, 3.05) is 4.90 Å². The molecule has 1 aliphatic heterocycles. The average Bonchev–Trinajstić information content (AvgIpc) is 2.98. The van der Waals surface area contributed by atoms with Crippen LogP contribution < -0.4 is 4.90 Å². The normalized spacial score (nSPS) is 14.7. The molecule has 0 aliphatic carbocycles. The lowest BCUT2D eigenvalue weighted by Gasteiger charge is -2.18. The minimum absolute atomic E-state index is 0.00663. The first-order valence-corrected chi connectivity index (χ1v) is 8.83. The van der Waals surface area contributed by atoms with Gasteiger partial charge in [0.15, 0.2) is 0 Å². The summed E-state index contributed by atoms with van der Waals surface area (Å²) >= 11 is 3.40. The number of nitrogens with zero attached hydrogens (tertiary/aromatic N) is 1. The van der Waals surface area contributed by atoms with E-state index in [2.05, 4.69) is 29.1 Å². The molecule has 0 saturated heterocycles. The zero-order chi connectivity index (χ0) is 19.8. The molecule has 0 unspecified atom stereocenters. The SMILES string of the molecule is C=C/C(Br)=C(\C=C)c1cccc(N2Cc3c(cccc3C(F)(F)F)C2=O)c1. The van der Waals surface area contributed by atoms with Crippen LogP contribution in [0.2, 0.25) is 0 Å². The van der Waals surface area contributed by atoms with Gasteiger partial charge in [-0.25, -0.2) is 0 Å². The molecule has 0 bridgehead atoms. The number of rotatable bonds is 4. The van der Waals surface area contributed by atoms with Crippen molar-refractivity contribution in [3.63, 3.8) is 0 Å². The van der Waals surface area contributed by atoms with Gasteiger partial charge in [-0.15, -0.1) is 0 Å². The van der Waals surface area contributed by atoms with Crippen molar-refractivity contribution in [1.29, 1.82) is 0 Å². The Hall–Kier alpha value is -2.60. The minimum atomic E-state index is -4.50. The number of amides is 1. The predicted octanol–water partition coefficient (Wildman–Crippen LogP) is 6.34. The van der Waals surface area contributed by atoms with Crippen molar-refractivity contribution < 1.29 is 18.0 Å². The molecule has 2 aromatic carbocycles. The molecule has 138 valence electrons. The zero-order valence-corrected chi connectivity index (χ0v) is 15.8. The zero-order valence-electron chi connectivity index (χ0n) is 14.2. The maximum absolute atomic E-state index is 13.3. The van der Waals surface area contributed by atoms with Crippen molar-refractivity contribution in [3.05, 3.63) is 94.5 Å². The van der Waals surface area contributed by atoms with Gasteiger partial charge in [0.05, 0.1) is 12.1 Å². The van der Waals surface area contributed by atoms with Crippen LogP contribution in [-0.2, 0) is 12.7 Å². The van der Waals surface area contributed by atoms with Crippen LogP contribution in [0.3, 0.4) is 0 Å². The number of carbonyl (C=O) groups is 1. The molecule has 0 radical (unpaired) electrons. The van der Waals surface area contributed by atoms with Crippen LogP contribution in [0.5, 0.6) is 0 Å². The van der Waals surface area contributed by atoms with Gasteiger partial charge in [0.2, 0.25) is 0 Å². The second-order valence-corrected chi connectivity index (χ2v) is 6.80. The van der Waals surface area contributed by atoms with Crippen molar-refractivity contribution in [2.24, 2.45) is 0 Å². The third kappa shape index (κ3) is 3.49. The van der Waals surface area contributed by atoms with Gasteiger partial charge in [0, 0.05) is 15.7 Å². The lowest BCUT2D eigenvalue weighted by atomic mass is 10.0. The van der Waals surface area contributed by atoms with Crippen LogP contribution in [0.25, 0.3) is 5.57 Å². The first-order chi connectivity index (χ1) is 12.8. The lowest BCUT2D eigenvalue weighted by molar-refractivity contribution is -0.138. The molecule has 1 heterocycles. The highest BCUT2D eigenvalue weighted by Crippen LogP contribution is 2.39. The first kappa shape index (κ1) is 19.2. The highest BCUT2D eigenvalue weighted by molar-refractivity contribution is 9.12. The Labute approximate surface area is 163 Å². The van der Waals surface area contributed by atoms with E-state index in [1.165, 1.54) is 17.0 Å². The number of benzene rings is 2. The summed E-state index contributed by atoms with van der Waals surface area (Å²) < 4.78 is 40.6. The Morgan fingerprint density at radius 2 is 1.81 bits per heavy atom. The van der Waals surface area contributed by atoms with Crippen LogP contribution in [0.1, 0.15) is 27.0 Å². The molecular weight excluding hydrogens is 419 g/mol. The molecule has 2 aromatic rings. The van der Waals surface area contributed by atoms with Crippen molar-refractivity contribution in [3.8, 4) is 0 Å². The van der Waals surface area contributed by atoms with E-state index in [9.17, 15) is 18.0 Å². The number of anilines is 1. The van der Waals surface area contributed by atoms with Crippen LogP contribution >= 0.6 is 15.9 Å². The van der Waals surface area contributed by atoms with Gasteiger partial charge >= 0.3 is 6.18 Å². The molecule has 0 atom stereocenters. The summed E-state index contributed by atoms with van der Waals surface area (Å²) in [6, 6.07) is 10.7. The Bertz CT molecular complexity index is 976.